The molecule has 0 aromatic heterocycles. The zero-order valence-electron chi connectivity index (χ0n) is 76.6. The van der Waals surface area contributed by atoms with Crippen molar-refractivity contribution in [2.75, 3.05) is 66.2 Å². The fourth-order valence-electron chi connectivity index (χ4n) is 16.0. The summed E-state index contributed by atoms with van der Waals surface area (Å²) in [7, 11) is 4.00. The summed E-state index contributed by atoms with van der Waals surface area (Å²) in [6.45, 7) is 25.3. The summed E-state index contributed by atoms with van der Waals surface area (Å²) in [4.78, 5) is 171. The van der Waals surface area contributed by atoms with Crippen molar-refractivity contribution >= 4 is 86.2 Å². The van der Waals surface area contributed by atoms with Gasteiger partial charge in [0.05, 0.1) is 53.5 Å². The summed E-state index contributed by atoms with van der Waals surface area (Å²) in [5.74, 6) is -10.6. The second kappa shape index (κ2) is 52.1. The van der Waals surface area contributed by atoms with E-state index >= 15 is 0 Å². The molecule has 6 rings (SSSR count). The number of aliphatic hydroxyl groups excluding tert-OH is 1. The van der Waals surface area contributed by atoms with E-state index in [-0.39, 0.29) is 127 Å². The molecule has 1 fully saturated rings. The topological polar surface area (TPSA) is 406 Å². The van der Waals surface area contributed by atoms with Crippen molar-refractivity contribution in [2.45, 2.75) is 240 Å². The number of carbonyl (C=O) groups is 12. The van der Waals surface area contributed by atoms with Crippen molar-refractivity contribution in [3.05, 3.63) is 166 Å². The zero-order chi connectivity index (χ0) is 93.1. The summed E-state index contributed by atoms with van der Waals surface area (Å²) < 4.78 is 50.0. The Morgan fingerprint density at radius 3 is 1.78 bits per heavy atom. The van der Waals surface area contributed by atoms with E-state index in [1.165, 1.54) is 55.5 Å². The number of ether oxygens (including phenoxy) is 4. The highest BCUT2D eigenvalue weighted by Crippen LogP contribution is 2.35. The summed E-state index contributed by atoms with van der Waals surface area (Å²) in [6, 6.07) is 30.1. The Morgan fingerprint density at radius 1 is 0.632 bits per heavy atom. The number of carbonyl (C=O) groups excluding carboxylic acids is 12. The number of urea groups is 1. The van der Waals surface area contributed by atoms with Crippen LogP contribution in [0, 0.1) is 67.1 Å². The SMILES string of the molecule is CCCOC.CC[C@H](C)[C@@H]([C@@H](CC(=O)N1CCC[C@H]1[C@H](OC)[C@@H](C)C(=O)C[C@H](C)[C@@H](O)c1ccccc1)OC)N(C)C(=O)[C@@H](CC(=O)[C@H](C(C)C)N(C)C(=O)OCc1ccc(NC(=O)[C@H](CCCNC(N)=O)NC(=O)[C@@H](NC(=O)CC[C@H](CC(=O)c2ccc(C(=O)C(CCc3ccc(C)cc3)CS(=O)(=O)c3ccc(C)cc3)cc2)C(N)=O)C(C)C)cc1)C(C)C. The number of likely N-dealkylation sites (N-methyl/N-ethyl adjacent to an activating group) is 2. The van der Waals surface area contributed by atoms with E-state index in [1.54, 1.807) is 102 Å². The molecule has 14 atom stereocenters. The normalized spacial score (nSPS) is 15.9. The van der Waals surface area contributed by atoms with Crippen molar-refractivity contribution in [1.82, 2.24) is 30.7 Å². The third kappa shape index (κ3) is 32.7. The highest BCUT2D eigenvalue weighted by Gasteiger charge is 2.45. The molecule has 0 saturated carbocycles. The summed E-state index contributed by atoms with van der Waals surface area (Å²) in [5.41, 5.74) is 15.8. The molecule has 29 heteroatoms. The van der Waals surface area contributed by atoms with Gasteiger partial charge in [-0.3, -0.25) is 47.9 Å². The largest absolute Gasteiger partial charge is 0.445 e. The number of Topliss-reactive ketones (excluding diaryl/α,β-unsaturated/α-hetero) is 4. The van der Waals surface area contributed by atoms with Gasteiger partial charge in [0.15, 0.2) is 27.2 Å². The fraction of sp³-hybridized carbons (Fsp3) is 0.562. The number of hydrogen-bond donors (Lipinski definition) is 7. The minimum atomic E-state index is -3.89. The molecule has 5 aromatic carbocycles. The van der Waals surface area contributed by atoms with Crippen molar-refractivity contribution in [3.63, 3.8) is 0 Å². The van der Waals surface area contributed by atoms with Gasteiger partial charge in [-0.2, -0.15) is 0 Å². The van der Waals surface area contributed by atoms with E-state index in [9.17, 15) is 71.1 Å². The number of likely N-dealkylation sites (tertiary alicyclic amines) is 1. The van der Waals surface area contributed by atoms with Crippen LogP contribution in [0.15, 0.2) is 132 Å². The Hall–Kier alpha value is -10.1. The lowest BCUT2D eigenvalue weighted by Gasteiger charge is -2.41. The molecular formula is C96H139N9O19S. The van der Waals surface area contributed by atoms with Crippen molar-refractivity contribution in [1.29, 1.82) is 0 Å². The molecule has 1 heterocycles. The number of nitrogens with zero attached hydrogens (tertiary/aromatic N) is 3. The third-order valence-electron chi connectivity index (χ3n) is 23.7. The van der Waals surface area contributed by atoms with E-state index in [0.717, 1.165) is 35.3 Å². The second-order valence-corrected chi connectivity index (χ2v) is 36.5. The second-order valence-electron chi connectivity index (χ2n) is 34.5. The Labute approximate surface area is 740 Å². The van der Waals surface area contributed by atoms with Crippen LogP contribution in [0.2, 0.25) is 0 Å². The molecule has 1 aliphatic rings. The van der Waals surface area contributed by atoms with Crippen LogP contribution >= 0.6 is 0 Å². The van der Waals surface area contributed by atoms with Crippen molar-refractivity contribution < 1.29 is 90.0 Å². The molecule has 0 radical (unpaired) electrons. The molecule has 0 aliphatic carbocycles. The molecule has 9 N–H and O–H groups in total. The van der Waals surface area contributed by atoms with E-state index in [4.69, 9.17) is 30.4 Å². The van der Waals surface area contributed by atoms with Crippen LogP contribution in [0.1, 0.15) is 214 Å². The van der Waals surface area contributed by atoms with Gasteiger partial charge in [-0.1, -0.05) is 197 Å². The molecule has 9 amide bonds. The van der Waals surface area contributed by atoms with Crippen molar-refractivity contribution in [3.8, 4) is 0 Å². The number of aryl methyl sites for hydroxylation is 3. The highest BCUT2D eigenvalue weighted by atomic mass is 32.2. The Balaban J connectivity index is 0.00000538. The van der Waals surface area contributed by atoms with Gasteiger partial charge in [-0.25, -0.2) is 18.0 Å². The van der Waals surface area contributed by atoms with Crippen LogP contribution < -0.4 is 32.7 Å². The average Bonchev–Trinajstić information content (AvgIpc) is 1.79. The van der Waals surface area contributed by atoms with Crippen molar-refractivity contribution in [2.24, 2.45) is 64.7 Å². The lowest BCUT2D eigenvalue weighted by Crippen LogP contribution is -2.54. The number of aliphatic hydroxyl groups is 1. The third-order valence-corrected chi connectivity index (χ3v) is 25.6. The Bertz CT molecular complexity index is 4430. The van der Waals surface area contributed by atoms with Crippen LogP contribution in [-0.4, -0.2) is 202 Å². The first kappa shape index (κ1) is 105. The average molecular weight is 1760 g/mol. The number of benzene rings is 5. The molecular weight excluding hydrogens is 1620 g/mol. The molecule has 1 aliphatic heterocycles. The van der Waals surface area contributed by atoms with Gasteiger partial charge in [0.1, 0.15) is 24.5 Å². The Morgan fingerprint density at radius 2 is 1.24 bits per heavy atom. The fourth-order valence-corrected chi connectivity index (χ4v) is 17.6. The minimum Gasteiger partial charge on any atom is -0.445 e. The smallest absolute Gasteiger partial charge is 0.410 e. The van der Waals surface area contributed by atoms with Crippen LogP contribution in [0.3, 0.4) is 0 Å². The lowest BCUT2D eigenvalue weighted by molar-refractivity contribution is -0.149. The maximum Gasteiger partial charge on any atom is 0.410 e. The van der Waals surface area contributed by atoms with E-state index < -0.39 is 153 Å². The van der Waals surface area contributed by atoms with Gasteiger partial charge < -0.3 is 71.5 Å². The number of methoxy groups -OCH3 is 3. The zero-order valence-corrected chi connectivity index (χ0v) is 77.4. The van der Waals surface area contributed by atoms with Gasteiger partial charge in [0.25, 0.3) is 0 Å². The van der Waals surface area contributed by atoms with E-state index in [2.05, 4.69) is 28.2 Å². The summed E-state index contributed by atoms with van der Waals surface area (Å²) in [5, 5.41) is 21.7. The molecule has 5 aromatic rings. The van der Waals surface area contributed by atoms with Crippen LogP contribution in [0.5, 0.6) is 0 Å². The standard InChI is InChI=1S/C92H129N9O18S.C4H10O/c1-17-60(10)83(78(117-15)52-80(106)101-48-22-26-74(101)86(118-16)62(12)75(102)49-61(11)84(107)66-23-19-18-20-24-66)99(13)90(112)72(55(2)3)51-77(104)82(57(6)7)100(14)92(114)119-53-64-34-42-70(43-35-64)96-88(110)73(25-21-47-95-91(94)113)97-89(111)81(56(4)5)98-79(105)46-41-68(87(93)109)50-76(103)65-37-39-67(40-38-65)85(108)69(36-33-63-31-27-58(8)28-32-63)54-120(115,116)71-44-29-59(9)30-45-71;1-3-4-5-2/h18-20,23-24,27-32,34-35,37-40,42-45,55-57,60-62,68-69,72-74,78,81-84,86,107H,17,21-22,25-26,33,36,41,46-54H2,1-16H3,(H2,93,109)(H,96,110)(H,97,111)(H,98,105)(H3,94,95,113);3-4H2,1-2H3/t60-,61-,62-,68+,69?,72-,73-,74-,78+,81-,82-,83-,84+,86+;/m0./s1. The van der Waals surface area contributed by atoms with Gasteiger partial charge in [-0.15, -0.1) is 0 Å². The van der Waals surface area contributed by atoms with Gasteiger partial charge in [-0.05, 0) is 136 Å². The van der Waals surface area contributed by atoms with E-state index in [0.29, 0.717) is 37.8 Å². The number of hydrogen-bond acceptors (Lipinski definition) is 19. The monoisotopic (exact) mass is 1750 g/mol. The lowest BCUT2D eigenvalue weighted by atomic mass is 9.83. The molecule has 688 valence electrons. The number of anilines is 1. The summed E-state index contributed by atoms with van der Waals surface area (Å²) >= 11 is 0. The maximum atomic E-state index is 15.0. The number of rotatable bonds is 51. The van der Waals surface area contributed by atoms with Crippen LogP contribution in [0.25, 0.3) is 0 Å². The first-order valence-electron chi connectivity index (χ1n) is 43.8. The van der Waals surface area contributed by atoms with Gasteiger partial charge in [0, 0.05) is 121 Å². The van der Waals surface area contributed by atoms with E-state index in [1.807, 2.05) is 103 Å². The molecule has 125 heavy (non-hydrogen) atoms. The number of nitrogens with two attached hydrogens (primary N) is 2. The minimum absolute atomic E-state index is 0.00372. The van der Waals surface area contributed by atoms with Crippen LogP contribution in [0.4, 0.5) is 15.3 Å². The number of amides is 9. The number of primary amides is 2. The molecule has 28 nitrogen and oxygen atoms in total. The maximum absolute atomic E-state index is 15.0. The van der Waals surface area contributed by atoms with Crippen LogP contribution in [-0.2, 0) is 80.2 Å². The predicted octanol–water partition coefficient (Wildman–Crippen LogP) is 12.5. The molecule has 1 unspecified atom stereocenters. The highest BCUT2D eigenvalue weighted by molar-refractivity contribution is 7.91. The van der Waals surface area contributed by atoms with Gasteiger partial charge >= 0.3 is 12.1 Å². The summed E-state index contributed by atoms with van der Waals surface area (Å²) in [6.07, 6.45) is -0.235. The quantitative estimate of drug-likeness (QED) is 0.0140. The number of nitrogens with one attached hydrogen (secondary N) is 4. The molecule has 0 bridgehead atoms. The first-order valence-corrected chi connectivity index (χ1v) is 45.4. The Kier molecular flexibility index (Phi) is 44.0. The first-order chi connectivity index (χ1) is 59.1. The van der Waals surface area contributed by atoms with Gasteiger partial charge in [0.2, 0.25) is 35.4 Å². The number of sulfone groups is 1. The molecule has 0 spiro atoms. The number of ketones is 4. The predicted molar refractivity (Wildman–Crippen MR) is 481 cm³/mol. The molecule has 1 saturated heterocycles.